The summed E-state index contributed by atoms with van der Waals surface area (Å²) in [6.45, 7) is 0.281. The summed E-state index contributed by atoms with van der Waals surface area (Å²) in [6.07, 6.45) is 0.257. The van der Waals surface area contributed by atoms with Crippen molar-refractivity contribution in [1.29, 1.82) is 0 Å². The predicted molar refractivity (Wildman–Crippen MR) is 56.5 cm³/mol. The highest BCUT2D eigenvalue weighted by atomic mass is 35.5. The van der Waals surface area contributed by atoms with E-state index < -0.39 is 5.82 Å². The molecule has 1 heterocycles. The van der Waals surface area contributed by atoms with Gasteiger partial charge in [0.05, 0.1) is 5.69 Å². The molecular formula is C10H10ClFN2O. The average molecular weight is 229 g/mol. The largest absolute Gasteiger partial charge is 0.330 e. The number of rotatable bonds is 1. The highest BCUT2D eigenvalue weighted by Crippen LogP contribution is 2.38. The van der Waals surface area contributed by atoms with Crippen LogP contribution in [-0.2, 0) is 4.79 Å². The fraction of sp³-hybridized carbons (Fsp3) is 0.300. The standard InChI is InChI=1S/C10H10ClFN2O/c11-6-1-2-7(12)10-9(6)5(4-13)3-8(15)14-10/h1-2,5H,3-4,13H2,(H,14,15). The molecule has 5 heteroatoms. The fourth-order valence-electron chi connectivity index (χ4n) is 1.81. The molecule has 0 fully saturated rings. The Hall–Kier alpha value is -1.13. The van der Waals surface area contributed by atoms with E-state index >= 15 is 0 Å². The SMILES string of the molecule is NCC1CC(=O)Nc2c(F)ccc(Cl)c21. The van der Waals surface area contributed by atoms with Crippen LogP contribution in [0, 0.1) is 5.82 Å². The van der Waals surface area contributed by atoms with Crippen LogP contribution >= 0.6 is 11.6 Å². The minimum atomic E-state index is -0.471. The molecule has 1 atom stereocenters. The highest BCUT2D eigenvalue weighted by Gasteiger charge is 2.28. The third-order valence-corrected chi connectivity index (χ3v) is 2.86. The van der Waals surface area contributed by atoms with Crippen LogP contribution in [0.15, 0.2) is 12.1 Å². The van der Waals surface area contributed by atoms with E-state index in [-0.39, 0.29) is 30.5 Å². The molecule has 1 aliphatic heterocycles. The number of carbonyl (C=O) groups excluding carboxylic acids is 1. The molecule has 15 heavy (non-hydrogen) atoms. The number of nitrogens with one attached hydrogen (secondary N) is 1. The van der Waals surface area contributed by atoms with Crippen LogP contribution < -0.4 is 11.1 Å². The van der Waals surface area contributed by atoms with Crippen molar-refractivity contribution in [2.75, 3.05) is 11.9 Å². The Balaban J connectivity index is 2.59. The number of carbonyl (C=O) groups is 1. The molecular weight excluding hydrogens is 219 g/mol. The number of fused-ring (bicyclic) bond motifs is 1. The van der Waals surface area contributed by atoms with Crippen molar-refractivity contribution in [3.05, 3.63) is 28.5 Å². The van der Waals surface area contributed by atoms with Gasteiger partial charge < -0.3 is 11.1 Å². The maximum atomic E-state index is 13.4. The van der Waals surface area contributed by atoms with Gasteiger partial charge in [0, 0.05) is 22.9 Å². The van der Waals surface area contributed by atoms with E-state index in [9.17, 15) is 9.18 Å². The first-order valence-electron chi connectivity index (χ1n) is 4.61. The van der Waals surface area contributed by atoms with Crippen LogP contribution in [0.25, 0.3) is 0 Å². The lowest BCUT2D eigenvalue weighted by Crippen LogP contribution is -2.28. The van der Waals surface area contributed by atoms with E-state index in [4.69, 9.17) is 17.3 Å². The Morgan fingerprint density at radius 3 is 3.00 bits per heavy atom. The first-order valence-corrected chi connectivity index (χ1v) is 4.99. The number of hydrogen-bond donors (Lipinski definition) is 2. The van der Waals surface area contributed by atoms with E-state index in [1.165, 1.54) is 12.1 Å². The molecule has 2 rings (SSSR count). The maximum Gasteiger partial charge on any atom is 0.225 e. The van der Waals surface area contributed by atoms with Crippen molar-refractivity contribution in [3.8, 4) is 0 Å². The van der Waals surface area contributed by atoms with Crippen molar-refractivity contribution in [3.63, 3.8) is 0 Å². The number of hydrogen-bond acceptors (Lipinski definition) is 2. The second kappa shape index (κ2) is 3.79. The Morgan fingerprint density at radius 2 is 2.33 bits per heavy atom. The van der Waals surface area contributed by atoms with E-state index in [0.29, 0.717) is 10.6 Å². The number of nitrogens with two attached hydrogens (primary N) is 1. The second-order valence-electron chi connectivity index (χ2n) is 3.50. The molecule has 1 aromatic rings. The monoisotopic (exact) mass is 228 g/mol. The van der Waals surface area contributed by atoms with Crippen LogP contribution in [0.4, 0.5) is 10.1 Å². The van der Waals surface area contributed by atoms with E-state index in [0.717, 1.165) is 0 Å². The third-order valence-electron chi connectivity index (χ3n) is 2.53. The van der Waals surface area contributed by atoms with Crippen LogP contribution in [0.2, 0.25) is 5.02 Å². The normalized spacial score (nSPS) is 19.7. The molecule has 1 amide bonds. The molecule has 1 aliphatic rings. The summed E-state index contributed by atoms with van der Waals surface area (Å²) in [5.74, 6) is -0.892. The van der Waals surface area contributed by atoms with Gasteiger partial charge in [0.15, 0.2) is 0 Å². The van der Waals surface area contributed by atoms with Gasteiger partial charge in [0.1, 0.15) is 5.82 Å². The maximum absolute atomic E-state index is 13.4. The topological polar surface area (TPSA) is 55.1 Å². The van der Waals surface area contributed by atoms with Gasteiger partial charge in [-0.1, -0.05) is 11.6 Å². The van der Waals surface area contributed by atoms with Crippen LogP contribution in [0.1, 0.15) is 17.9 Å². The van der Waals surface area contributed by atoms with Gasteiger partial charge in [0.2, 0.25) is 5.91 Å². The molecule has 0 aromatic heterocycles. The summed E-state index contributed by atoms with van der Waals surface area (Å²) in [4.78, 5) is 11.3. The van der Waals surface area contributed by atoms with Gasteiger partial charge in [-0.15, -0.1) is 0 Å². The Kier molecular flexibility index (Phi) is 2.63. The summed E-state index contributed by atoms with van der Waals surface area (Å²) in [5.41, 5.74) is 6.32. The van der Waals surface area contributed by atoms with Crippen LogP contribution in [0.5, 0.6) is 0 Å². The van der Waals surface area contributed by atoms with Crippen molar-refractivity contribution in [2.24, 2.45) is 5.73 Å². The Bertz CT molecular complexity index is 422. The molecule has 0 radical (unpaired) electrons. The van der Waals surface area contributed by atoms with Gasteiger partial charge >= 0.3 is 0 Å². The molecule has 0 spiro atoms. The van der Waals surface area contributed by atoms with Crippen LogP contribution in [-0.4, -0.2) is 12.5 Å². The fourth-order valence-corrected chi connectivity index (χ4v) is 2.12. The first kappa shape index (κ1) is 10.4. The molecule has 80 valence electrons. The zero-order valence-corrected chi connectivity index (χ0v) is 8.64. The highest BCUT2D eigenvalue weighted by molar-refractivity contribution is 6.32. The minimum Gasteiger partial charge on any atom is -0.330 e. The van der Waals surface area contributed by atoms with Gasteiger partial charge in [-0.25, -0.2) is 4.39 Å². The van der Waals surface area contributed by atoms with Gasteiger partial charge in [-0.3, -0.25) is 4.79 Å². The summed E-state index contributed by atoms with van der Waals surface area (Å²) >= 11 is 5.96. The van der Waals surface area contributed by atoms with E-state index in [2.05, 4.69) is 5.32 Å². The molecule has 0 bridgehead atoms. The molecule has 0 aliphatic carbocycles. The number of benzene rings is 1. The molecule has 1 unspecified atom stereocenters. The number of amides is 1. The van der Waals surface area contributed by atoms with Crippen molar-refractivity contribution in [1.82, 2.24) is 0 Å². The molecule has 1 aromatic carbocycles. The van der Waals surface area contributed by atoms with Gasteiger partial charge in [0.25, 0.3) is 0 Å². The van der Waals surface area contributed by atoms with E-state index in [1.807, 2.05) is 0 Å². The molecule has 0 saturated heterocycles. The van der Waals surface area contributed by atoms with Crippen molar-refractivity contribution in [2.45, 2.75) is 12.3 Å². The summed E-state index contributed by atoms with van der Waals surface area (Å²) in [6, 6.07) is 2.72. The first-order chi connectivity index (χ1) is 7.13. The summed E-state index contributed by atoms with van der Waals surface area (Å²) < 4.78 is 13.4. The third kappa shape index (κ3) is 1.70. The lowest BCUT2D eigenvalue weighted by Gasteiger charge is -2.25. The van der Waals surface area contributed by atoms with Gasteiger partial charge in [-0.05, 0) is 18.7 Å². The lowest BCUT2D eigenvalue weighted by atomic mass is 9.90. The second-order valence-corrected chi connectivity index (χ2v) is 3.91. The zero-order valence-electron chi connectivity index (χ0n) is 7.89. The van der Waals surface area contributed by atoms with Crippen molar-refractivity contribution >= 4 is 23.2 Å². The van der Waals surface area contributed by atoms with E-state index in [1.54, 1.807) is 0 Å². The Labute approximate surface area is 91.4 Å². The molecule has 3 nitrogen and oxygen atoms in total. The summed E-state index contributed by atoms with van der Waals surface area (Å²) in [5, 5.41) is 2.93. The predicted octanol–water partition coefficient (Wildman–Crippen LogP) is 1.86. The smallest absolute Gasteiger partial charge is 0.225 e. The molecule has 0 saturated carbocycles. The van der Waals surface area contributed by atoms with Gasteiger partial charge in [-0.2, -0.15) is 0 Å². The zero-order chi connectivity index (χ0) is 11.0. The summed E-state index contributed by atoms with van der Waals surface area (Å²) in [7, 11) is 0. The molecule has 3 N–H and O–H groups in total. The lowest BCUT2D eigenvalue weighted by molar-refractivity contribution is -0.116. The number of anilines is 1. The Morgan fingerprint density at radius 1 is 1.60 bits per heavy atom. The number of halogens is 2. The average Bonchev–Trinajstić information content (AvgIpc) is 2.22. The van der Waals surface area contributed by atoms with Crippen LogP contribution in [0.3, 0.4) is 0 Å². The quantitative estimate of drug-likeness (QED) is 0.771. The minimum absolute atomic E-state index is 0.175. The van der Waals surface area contributed by atoms with Crippen molar-refractivity contribution < 1.29 is 9.18 Å².